The van der Waals surface area contributed by atoms with Crippen LogP contribution in [0.25, 0.3) is 5.57 Å². The minimum absolute atomic E-state index is 0.0408. The third kappa shape index (κ3) is 6.76. The number of aromatic nitrogens is 1. The number of unbranched alkanes of at least 4 members (excludes halogenated alkanes) is 1. The lowest BCUT2D eigenvalue weighted by Gasteiger charge is -2.32. The largest absolute Gasteiger partial charge is 0.481 e. The summed E-state index contributed by atoms with van der Waals surface area (Å²) in [4.78, 5) is 20.5. The Hall–Kier alpha value is -4.48. The zero-order valence-electron chi connectivity index (χ0n) is 19.2. The number of aliphatic hydroxyl groups excluding tert-OH is 1. The van der Waals surface area contributed by atoms with Crippen LogP contribution in [0.2, 0.25) is 0 Å². The molecule has 8 nitrogen and oxygen atoms in total. The van der Waals surface area contributed by atoms with Gasteiger partial charge in [-0.3, -0.25) is 9.78 Å². The minimum atomic E-state index is -0.831. The van der Waals surface area contributed by atoms with Gasteiger partial charge in [0.05, 0.1) is 12.6 Å². The molecule has 178 valence electrons. The van der Waals surface area contributed by atoms with Crippen molar-refractivity contribution in [1.82, 2.24) is 4.98 Å². The van der Waals surface area contributed by atoms with Gasteiger partial charge in [0.25, 0.3) is 0 Å². The highest BCUT2D eigenvalue weighted by Gasteiger charge is 2.24. The van der Waals surface area contributed by atoms with Crippen LogP contribution in [0.3, 0.4) is 0 Å². The first-order chi connectivity index (χ1) is 17.0. The van der Waals surface area contributed by atoms with Crippen molar-refractivity contribution in [2.45, 2.75) is 25.3 Å². The van der Waals surface area contributed by atoms with E-state index >= 15 is 0 Å². The van der Waals surface area contributed by atoms with Crippen LogP contribution in [0, 0.1) is 11.5 Å². The molecule has 1 unspecified atom stereocenters. The molecule has 0 aliphatic carbocycles. The summed E-state index contributed by atoms with van der Waals surface area (Å²) in [5, 5.41) is 28.4. The number of rotatable bonds is 10. The summed E-state index contributed by atoms with van der Waals surface area (Å²) in [6, 6.07) is 20.1. The fourth-order valence-corrected chi connectivity index (χ4v) is 3.84. The SMILES string of the molecule is N#CN=C(N)N(c1cccc(/C(=C\CCCC(=O)O)c2cccnc2)c1)C(CO)c1ccccc1. The van der Waals surface area contributed by atoms with Crippen molar-refractivity contribution in [3.8, 4) is 6.19 Å². The quantitative estimate of drug-likeness (QED) is 0.176. The van der Waals surface area contributed by atoms with Gasteiger partial charge in [0, 0.05) is 30.1 Å². The lowest BCUT2D eigenvalue weighted by atomic mass is 9.96. The monoisotopic (exact) mass is 469 g/mol. The number of nitrogens with zero attached hydrogens (tertiary/aromatic N) is 4. The first-order valence-electron chi connectivity index (χ1n) is 11.1. The number of carboxylic acid groups (broad SMARTS) is 1. The number of anilines is 1. The first kappa shape index (κ1) is 25.1. The number of allylic oxidation sites excluding steroid dienone is 1. The molecule has 0 saturated heterocycles. The topological polar surface area (TPSA) is 136 Å². The van der Waals surface area contributed by atoms with Crippen molar-refractivity contribution < 1.29 is 15.0 Å². The molecule has 0 aliphatic rings. The van der Waals surface area contributed by atoms with E-state index in [9.17, 15) is 9.90 Å². The van der Waals surface area contributed by atoms with Crippen molar-refractivity contribution in [3.05, 3.63) is 102 Å². The van der Waals surface area contributed by atoms with E-state index < -0.39 is 12.0 Å². The van der Waals surface area contributed by atoms with Crippen molar-refractivity contribution in [1.29, 1.82) is 5.26 Å². The van der Waals surface area contributed by atoms with Crippen LogP contribution < -0.4 is 10.6 Å². The third-order valence-electron chi connectivity index (χ3n) is 5.43. The van der Waals surface area contributed by atoms with E-state index in [1.54, 1.807) is 23.5 Å². The predicted octanol–water partition coefficient (Wildman–Crippen LogP) is 4.10. The minimum Gasteiger partial charge on any atom is -0.481 e. The summed E-state index contributed by atoms with van der Waals surface area (Å²) in [5.41, 5.74) is 10.3. The highest BCUT2D eigenvalue weighted by molar-refractivity contribution is 5.97. The molecular formula is C27H27N5O3. The average Bonchev–Trinajstić information content (AvgIpc) is 2.88. The molecular weight excluding hydrogens is 442 g/mol. The van der Waals surface area contributed by atoms with Crippen molar-refractivity contribution in [2.75, 3.05) is 11.5 Å². The Morgan fingerprint density at radius 3 is 2.57 bits per heavy atom. The van der Waals surface area contributed by atoms with Crippen molar-refractivity contribution in [3.63, 3.8) is 0 Å². The Bertz CT molecular complexity index is 1220. The fraction of sp³-hybridized carbons (Fsp3) is 0.185. The molecule has 0 saturated carbocycles. The molecule has 2 aromatic carbocycles. The Labute approximate surface area is 204 Å². The van der Waals surface area contributed by atoms with Crippen LogP contribution >= 0.6 is 0 Å². The number of aliphatic imine (C=N–C) groups is 1. The van der Waals surface area contributed by atoms with Gasteiger partial charge in [-0.1, -0.05) is 54.6 Å². The zero-order chi connectivity index (χ0) is 25.0. The molecule has 0 bridgehead atoms. The lowest BCUT2D eigenvalue weighted by molar-refractivity contribution is -0.137. The maximum Gasteiger partial charge on any atom is 0.303 e. The van der Waals surface area contributed by atoms with E-state index in [2.05, 4.69) is 9.98 Å². The van der Waals surface area contributed by atoms with Gasteiger partial charge >= 0.3 is 5.97 Å². The summed E-state index contributed by atoms with van der Waals surface area (Å²) in [6.07, 6.45) is 8.33. The van der Waals surface area contributed by atoms with Crippen LogP contribution in [0.1, 0.15) is 42.0 Å². The summed E-state index contributed by atoms with van der Waals surface area (Å²) >= 11 is 0. The summed E-state index contributed by atoms with van der Waals surface area (Å²) in [7, 11) is 0. The predicted molar refractivity (Wildman–Crippen MR) is 135 cm³/mol. The van der Waals surface area contributed by atoms with Gasteiger partial charge in [-0.05, 0) is 47.7 Å². The normalized spacial score (nSPS) is 12.6. The van der Waals surface area contributed by atoms with Crippen LogP contribution in [0.4, 0.5) is 5.69 Å². The first-order valence-corrected chi connectivity index (χ1v) is 11.1. The van der Waals surface area contributed by atoms with Gasteiger partial charge in [-0.2, -0.15) is 5.26 Å². The Kier molecular flexibility index (Phi) is 9.11. The van der Waals surface area contributed by atoms with E-state index in [0.29, 0.717) is 18.5 Å². The molecule has 3 aromatic rings. The molecule has 0 aliphatic heterocycles. The molecule has 0 radical (unpaired) electrons. The molecule has 1 heterocycles. The number of pyridine rings is 1. The Balaban J connectivity index is 2.07. The number of aliphatic hydroxyl groups is 1. The van der Waals surface area contributed by atoms with E-state index in [-0.39, 0.29) is 19.0 Å². The van der Waals surface area contributed by atoms with Crippen molar-refractivity contribution >= 4 is 23.2 Å². The number of nitrogens with two attached hydrogens (primary N) is 1. The van der Waals surface area contributed by atoms with Crippen molar-refractivity contribution in [2.24, 2.45) is 10.7 Å². The molecule has 3 rings (SSSR count). The van der Waals surface area contributed by atoms with Crippen LogP contribution in [-0.4, -0.2) is 33.7 Å². The fourth-order valence-electron chi connectivity index (χ4n) is 3.84. The lowest BCUT2D eigenvalue weighted by Crippen LogP contribution is -2.41. The number of aliphatic carboxylic acids is 1. The number of hydrogen-bond donors (Lipinski definition) is 3. The molecule has 0 fully saturated rings. The summed E-state index contributed by atoms with van der Waals surface area (Å²) < 4.78 is 0. The van der Waals surface area contributed by atoms with Gasteiger partial charge in [0.1, 0.15) is 0 Å². The van der Waals surface area contributed by atoms with E-state index in [1.807, 2.05) is 72.8 Å². The van der Waals surface area contributed by atoms with E-state index in [1.165, 1.54) is 0 Å². The van der Waals surface area contributed by atoms with Gasteiger partial charge < -0.3 is 20.8 Å². The van der Waals surface area contributed by atoms with E-state index in [0.717, 1.165) is 22.3 Å². The third-order valence-corrected chi connectivity index (χ3v) is 5.43. The average molecular weight is 470 g/mol. The summed E-state index contributed by atoms with van der Waals surface area (Å²) in [6.45, 7) is -0.254. The second kappa shape index (κ2) is 12.7. The number of carbonyl (C=O) groups is 1. The molecule has 1 atom stereocenters. The van der Waals surface area contributed by atoms with Crippen LogP contribution in [0.5, 0.6) is 0 Å². The van der Waals surface area contributed by atoms with Gasteiger partial charge in [0.15, 0.2) is 0 Å². The smallest absolute Gasteiger partial charge is 0.303 e. The number of hydrogen-bond acceptors (Lipinski definition) is 5. The highest BCUT2D eigenvalue weighted by Crippen LogP contribution is 2.31. The van der Waals surface area contributed by atoms with Gasteiger partial charge in [0.2, 0.25) is 12.2 Å². The Morgan fingerprint density at radius 2 is 1.91 bits per heavy atom. The number of nitriles is 1. The summed E-state index contributed by atoms with van der Waals surface area (Å²) in [5.74, 6) is -0.872. The number of guanidine groups is 1. The molecule has 1 aromatic heterocycles. The maximum absolute atomic E-state index is 10.9. The zero-order valence-corrected chi connectivity index (χ0v) is 19.2. The Morgan fingerprint density at radius 1 is 1.14 bits per heavy atom. The van der Waals surface area contributed by atoms with Gasteiger partial charge in [-0.15, -0.1) is 4.99 Å². The second-order valence-electron chi connectivity index (χ2n) is 7.74. The molecule has 4 N–H and O–H groups in total. The second-order valence-corrected chi connectivity index (χ2v) is 7.74. The number of carboxylic acids is 1. The molecule has 35 heavy (non-hydrogen) atoms. The number of benzene rings is 2. The van der Waals surface area contributed by atoms with Gasteiger partial charge in [-0.25, -0.2) is 0 Å². The maximum atomic E-state index is 10.9. The highest BCUT2D eigenvalue weighted by atomic mass is 16.4. The molecule has 8 heteroatoms. The molecule has 0 spiro atoms. The van der Waals surface area contributed by atoms with Crippen LogP contribution in [-0.2, 0) is 4.79 Å². The molecule has 0 amide bonds. The van der Waals surface area contributed by atoms with E-state index in [4.69, 9.17) is 16.1 Å². The van der Waals surface area contributed by atoms with Crippen LogP contribution in [0.15, 0.2) is 90.2 Å². The standard InChI is InChI=1S/C27H27N5O3/c28-19-31-27(29)32(25(18-33)20-8-2-1-3-9-20)23-12-6-10-21(16-23)24(13-4-5-14-26(34)35)22-11-7-15-30-17-22/h1-3,6-13,15-17,25,33H,4-5,14,18H2,(H2,29,31)(H,34,35)/b24-13+.